The molecule has 6 nitrogen and oxygen atoms in total. The first kappa shape index (κ1) is 23.5. The first-order valence-electron chi connectivity index (χ1n) is 10.5. The van der Waals surface area contributed by atoms with Crippen LogP contribution in [0.3, 0.4) is 0 Å². The third-order valence-electron chi connectivity index (χ3n) is 5.40. The minimum absolute atomic E-state index is 0.145. The molecule has 0 bridgehead atoms. The number of benzene rings is 2. The summed E-state index contributed by atoms with van der Waals surface area (Å²) in [7, 11) is 1.69. The lowest BCUT2D eigenvalue weighted by Crippen LogP contribution is -2.41. The van der Waals surface area contributed by atoms with Crippen LogP contribution < -0.4 is 9.80 Å². The number of amides is 2. The fourth-order valence-corrected chi connectivity index (χ4v) is 3.93. The molecule has 172 valence electrons. The van der Waals surface area contributed by atoms with E-state index in [2.05, 4.69) is 9.97 Å². The number of anilines is 2. The Morgan fingerprint density at radius 1 is 0.941 bits per heavy atom. The van der Waals surface area contributed by atoms with Gasteiger partial charge in [-0.3, -0.25) is 19.6 Å². The van der Waals surface area contributed by atoms with Crippen molar-refractivity contribution in [1.29, 1.82) is 0 Å². The van der Waals surface area contributed by atoms with Gasteiger partial charge < -0.3 is 4.98 Å². The van der Waals surface area contributed by atoms with Gasteiger partial charge in [0.05, 0.1) is 24.1 Å². The molecule has 0 aliphatic carbocycles. The summed E-state index contributed by atoms with van der Waals surface area (Å²) in [6.07, 6.45) is 3.27. The summed E-state index contributed by atoms with van der Waals surface area (Å²) in [4.78, 5) is 37.0. The Balaban J connectivity index is 1.66. The lowest BCUT2D eigenvalue weighted by atomic mass is 10.1. The molecule has 4 rings (SSSR count). The number of aryl methyl sites for hydroxylation is 1. The van der Waals surface area contributed by atoms with Gasteiger partial charge in [-0.05, 0) is 73.2 Å². The van der Waals surface area contributed by atoms with Crippen LogP contribution in [0.5, 0.6) is 0 Å². The molecule has 1 N–H and O–H groups in total. The van der Waals surface area contributed by atoms with Crippen LogP contribution in [0.15, 0.2) is 79.1 Å². The molecular formula is C26H22Cl2N4O2. The van der Waals surface area contributed by atoms with E-state index in [1.807, 2.05) is 25.1 Å². The van der Waals surface area contributed by atoms with Crippen LogP contribution in [0.1, 0.15) is 27.3 Å². The average molecular weight is 493 g/mol. The molecule has 2 heterocycles. The molecule has 8 heteroatoms. The Kier molecular flexibility index (Phi) is 7.01. The van der Waals surface area contributed by atoms with E-state index >= 15 is 0 Å². The molecule has 4 aromatic rings. The molecule has 0 saturated heterocycles. The van der Waals surface area contributed by atoms with E-state index in [1.165, 1.54) is 4.90 Å². The minimum Gasteiger partial charge on any atom is -0.354 e. The number of urea groups is 1. The molecule has 0 unspecified atom stereocenters. The number of pyridine rings is 1. The number of nitrogens with one attached hydrogen (secondary N) is 1. The highest BCUT2D eigenvalue weighted by atomic mass is 35.5. The van der Waals surface area contributed by atoms with Crippen molar-refractivity contribution in [3.63, 3.8) is 0 Å². The highest BCUT2D eigenvalue weighted by molar-refractivity contribution is 6.31. The van der Waals surface area contributed by atoms with Crippen LogP contribution in [0, 0.1) is 6.92 Å². The van der Waals surface area contributed by atoms with Crippen LogP contribution in [0.2, 0.25) is 10.0 Å². The van der Waals surface area contributed by atoms with Gasteiger partial charge in [-0.2, -0.15) is 0 Å². The Morgan fingerprint density at radius 2 is 1.68 bits per heavy atom. The number of H-pyrrole nitrogens is 1. The molecule has 2 amide bonds. The zero-order valence-electron chi connectivity index (χ0n) is 18.6. The number of halogens is 2. The van der Waals surface area contributed by atoms with E-state index in [4.69, 9.17) is 23.2 Å². The van der Waals surface area contributed by atoms with Gasteiger partial charge in [0.1, 0.15) is 0 Å². The molecule has 34 heavy (non-hydrogen) atoms. The number of ketones is 1. The average Bonchev–Trinajstić information content (AvgIpc) is 3.22. The standard InChI is InChI=1S/C26H22Cl2N4O2/c1-17-13-21(30-24(17)25(33)18-8-10-19(27)11-9-18)16-32(22-6-3-5-20(28)14-22)26(34)31(2)23-7-4-12-29-15-23/h3-15,30H,16H2,1-2H3. The summed E-state index contributed by atoms with van der Waals surface area (Å²) in [5, 5.41) is 1.08. The maximum Gasteiger partial charge on any atom is 0.329 e. The third kappa shape index (κ3) is 5.14. The summed E-state index contributed by atoms with van der Waals surface area (Å²) in [5.41, 5.74) is 3.78. The van der Waals surface area contributed by atoms with Gasteiger partial charge in [0.25, 0.3) is 0 Å². The molecule has 0 fully saturated rings. The Morgan fingerprint density at radius 3 is 2.35 bits per heavy atom. The number of carbonyl (C=O) groups is 2. The Bertz CT molecular complexity index is 1320. The normalized spacial score (nSPS) is 10.7. The van der Waals surface area contributed by atoms with Crippen molar-refractivity contribution in [3.8, 4) is 0 Å². The van der Waals surface area contributed by atoms with Crippen molar-refractivity contribution in [2.45, 2.75) is 13.5 Å². The highest BCUT2D eigenvalue weighted by Crippen LogP contribution is 2.25. The monoisotopic (exact) mass is 492 g/mol. The van der Waals surface area contributed by atoms with Crippen LogP contribution in [0.25, 0.3) is 0 Å². The zero-order chi connectivity index (χ0) is 24.2. The van der Waals surface area contributed by atoms with Crippen LogP contribution >= 0.6 is 23.2 Å². The van der Waals surface area contributed by atoms with Gasteiger partial charge in [0, 0.05) is 40.2 Å². The molecule has 0 atom stereocenters. The maximum absolute atomic E-state index is 13.5. The summed E-state index contributed by atoms with van der Waals surface area (Å²) in [6, 6.07) is 19.0. The first-order valence-corrected chi connectivity index (χ1v) is 11.3. The fraction of sp³-hybridized carbons (Fsp3) is 0.115. The van der Waals surface area contributed by atoms with Crippen LogP contribution in [0.4, 0.5) is 16.2 Å². The third-order valence-corrected chi connectivity index (χ3v) is 5.89. The smallest absolute Gasteiger partial charge is 0.329 e. The predicted molar refractivity (Wildman–Crippen MR) is 136 cm³/mol. The van der Waals surface area contributed by atoms with Crippen LogP contribution in [-0.4, -0.2) is 28.8 Å². The SMILES string of the molecule is Cc1cc(CN(C(=O)N(C)c2cccnc2)c2cccc(Cl)c2)[nH]c1C(=O)c1ccc(Cl)cc1. The number of rotatable bonds is 6. The molecule has 2 aromatic heterocycles. The second-order valence-electron chi connectivity index (χ2n) is 7.81. The van der Waals surface area contributed by atoms with Crippen molar-refractivity contribution in [2.24, 2.45) is 0 Å². The number of aromatic amines is 1. The quantitative estimate of drug-likeness (QED) is 0.311. The molecule has 0 aliphatic rings. The maximum atomic E-state index is 13.5. The Labute approximate surface area is 207 Å². The highest BCUT2D eigenvalue weighted by Gasteiger charge is 2.24. The van der Waals surface area contributed by atoms with E-state index in [0.717, 1.165) is 5.56 Å². The molecule has 0 aliphatic heterocycles. The largest absolute Gasteiger partial charge is 0.354 e. The van der Waals surface area contributed by atoms with Crippen molar-refractivity contribution >= 4 is 46.4 Å². The molecule has 0 saturated carbocycles. The summed E-state index contributed by atoms with van der Waals surface area (Å²) in [5.74, 6) is -0.145. The summed E-state index contributed by atoms with van der Waals surface area (Å²) in [6.45, 7) is 2.06. The van der Waals surface area contributed by atoms with Crippen molar-refractivity contribution < 1.29 is 9.59 Å². The van der Waals surface area contributed by atoms with Gasteiger partial charge in [-0.15, -0.1) is 0 Å². The van der Waals surface area contributed by atoms with Crippen molar-refractivity contribution in [1.82, 2.24) is 9.97 Å². The van der Waals surface area contributed by atoms with E-state index in [-0.39, 0.29) is 18.4 Å². The second kappa shape index (κ2) is 10.1. The lowest BCUT2D eigenvalue weighted by molar-refractivity contribution is 0.103. The van der Waals surface area contributed by atoms with Gasteiger partial charge >= 0.3 is 6.03 Å². The zero-order valence-corrected chi connectivity index (χ0v) is 20.1. The number of hydrogen-bond donors (Lipinski definition) is 1. The molecule has 2 aromatic carbocycles. The predicted octanol–water partition coefficient (Wildman–Crippen LogP) is 6.52. The van der Waals surface area contributed by atoms with E-state index < -0.39 is 0 Å². The van der Waals surface area contributed by atoms with Crippen molar-refractivity contribution in [2.75, 3.05) is 16.8 Å². The van der Waals surface area contributed by atoms with Gasteiger partial charge in [-0.1, -0.05) is 29.3 Å². The van der Waals surface area contributed by atoms with Crippen LogP contribution in [-0.2, 0) is 6.54 Å². The molecule has 0 radical (unpaired) electrons. The molecular weight excluding hydrogens is 471 g/mol. The van der Waals surface area contributed by atoms with E-state index in [1.54, 1.807) is 72.9 Å². The first-order chi connectivity index (χ1) is 16.3. The van der Waals surface area contributed by atoms with Gasteiger partial charge in [0.2, 0.25) is 5.78 Å². The van der Waals surface area contributed by atoms with Gasteiger partial charge in [-0.25, -0.2) is 4.79 Å². The summed E-state index contributed by atoms with van der Waals surface area (Å²) >= 11 is 12.2. The van der Waals surface area contributed by atoms with E-state index in [9.17, 15) is 9.59 Å². The van der Waals surface area contributed by atoms with Gasteiger partial charge in [0.15, 0.2) is 0 Å². The summed E-state index contributed by atoms with van der Waals surface area (Å²) < 4.78 is 0. The topological polar surface area (TPSA) is 69.3 Å². The Hall–Kier alpha value is -3.61. The number of aromatic nitrogens is 2. The second-order valence-corrected chi connectivity index (χ2v) is 8.68. The lowest BCUT2D eigenvalue weighted by Gasteiger charge is -2.28. The van der Waals surface area contributed by atoms with E-state index in [0.29, 0.717) is 38.4 Å². The molecule has 0 spiro atoms. The number of hydrogen-bond acceptors (Lipinski definition) is 3. The number of nitrogens with zero attached hydrogens (tertiary/aromatic N) is 3. The van der Waals surface area contributed by atoms with Crippen molar-refractivity contribution in [3.05, 3.63) is 112 Å². The fourth-order valence-electron chi connectivity index (χ4n) is 3.62. The number of carbonyl (C=O) groups excluding carboxylic acids is 2. The minimum atomic E-state index is -0.270.